The zero-order valence-electron chi connectivity index (χ0n) is 16.1. The van der Waals surface area contributed by atoms with Crippen molar-refractivity contribution < 1.29 is 9.53 Å². The molecule has 0 N–H and O–H groups in total. The number of amides is 1. The second-order valence-electron chi connectivity index (χ2n) is 7.12. The molecule has 1 fully saturated rings. The van der Waals surface area contributed by atoms with Crippen molar-refractivity contribution in [1.82, 2.24) is 9.80 Å². The molecule has 5 heteroatoms. The van der Waals surface area contributed by atoms with Gasteiger partial charge in [0.05, 0.1) is 29.9 Å². The SMILES string of the molecule is CCCN1CCOC2c3cc(C(=O)N(CC)CC)c(C#N)cc3CCC21. The lowest BCUT2D eigenvalue weighted by Crippen LogP contribution is -2.49. The lowest BCUT2D eigenvalue weighted by molar-refractivity contribution is -0.0801. The number of nitriles is 1. The molecule has 3 rings (SSSR count). The molecule has 0 saturated carbocycles. The minimum absolute atomic E-state index is 0.00930. The van der Waals surface area contributed by atoms with Crippen molar-refractivity contribution in [2.45, 2.75) is 52.2 Å². The summed E-state index contributed by atoms with van der Waals surface area (Å²) in [7, 11) is 0. The molecule has 0 spiro atoms. The van der Waals surface area contributed by atoms with Crippen LogP contribution in [0.1, 0.15) is 66.8 Å². The maximum absolute atomic E-state index is 12.9. The predicted molar refractivity (Wildman–Crippen MR) is 101 cm³/mol. The maximum Gasteiger partial charge on any atom is 0.255 e. The molecule has 140 valence electrons. The first-order valence-corrected chi connectivity index (χ1v) is 9.86. The molecule has 1 aliphatic heterocycles. The third-order valence-corrected chi connectivity index (χ3v) is 5.70. The predicted octanol–water partition coefficient (Wildman–Crippen LogP) is 3.14. The Kier molecular flexibility index (Phi) is 5.95. The summed E-state index contributed by atoms with van der Waals surface area (Å²) in [5.41, 5.74) is 3.28. The number of ether oxygens (including phenoxy) is 1. The van der Waals surface area contributed by atoms with E-state index in [-0.39, 0.29) is 12.0 Å². The molecule has 0 aromatic heterocycles. The first-order chi connectivity index (χ1) is 12.6. The number of hydrogen-bond acceptors (Lipinski definition) is 4. The molecule has 1 aromatic carbocycles. The summed E-state index contributed by atoms with van der Waals surface area (Å²) < 4.78 is 6.16. The number of benzene rings is 1. The number of rotatable bonds is 5. The Hall–Kier alpha value is -1.90. The monoisotopic (exact) mass is 355 g/mol. The largest absolute Gasteiger partial charge is 0.371 e. The van der Waals surface area contributed by atoms with Gasteiger partial charge in [0, 0.05) is 25.7 Å². The molecule has 1 saturated heterocycles. The van der Waals surface area contributed by atoms with E-state index in [2.05, 4.69) is 17.9 Å². The van der Waals surface area contributed by atoms with Crippen molar-refractivity contribution in [3.63, 3.8) is 0 Å². The Morgan fingerprint density at radius 1 is 1.35 bits per heavy atom. The van der Waals surface area contributed by atoms with E-state index in [0.717, 1.165) is 50.1 Å². The van der Waals surface area contributed by atoms with Gasteiger partial charge in [-0.25, -0.2) is 0 Å². The molecule has 1 aromatic rings. The fourth-order valence-corrected chi connectivity index (χ4v) is 4.36. The maximum atomic E-state index is 12.9. The van der Waals surface area contributed by atoms with Crippen LogP contribution in [0.5, 0.6) is 0 Å². The fraction of sp³-hybridized carbons (Fsp3) is 0.619. The summed E-state index contributed by atoms with van der Waals surface area (Å²) in [4.78, 5) is 17.2. The van der Waals surface area contributed by atoms with Crippen LogP contribution in [0.4, 0.5) is 0 Å². The number of carbonyl (C=O) groups is 1. The summed E-state index contributed by atoms with van der Waals surface area (Å²) >= 11 is 0. The van der Waals surface area contributed by atoms with Gasteiger partial charge in [-0.1, -0.05) is 6.92 Å². The number of aryl methyl sites for hydroxylation is 1. The molecular weight excluding hydrogens is 326 g/mol. The number of nitrogens with zero attached hydrogens (tertiary/aromatic N) is 3. The Labute approximate surface area is 156 Å². The second-order valence-corrected chi connectivity index (χ2v) is 7.12. The highest BCUT2D eigenvalue weighted by molar-refractivity contribution is 5.97. The third kappa shape index (κ3) is 3.36. The van der Waals surface area contributed by atoms with E-state index in [9.17, 15) is 10.1 Å². The van der Waals surface area contributed by atoms with Crippen molar-refractivity contribution in [3.05, 3.63) is 34.4 Å². The van der Waals surface area contributed by atoms with Crippen LogP contribution in [-0.2, 0) is 11.2 Å². The molecule has 0 radical (unpaired) electrons. The average molecular weight is 355 g/mol. The van der Waals surface area contributed by atoms with Gasteiger partial charge in [0.15, 0.2) is 0 Å². The molecular formula is C21H29N3O2. The minimum atomic E-state index is -0.0577. The number of carbonyl (C=O) groups excluding carboxylic acids is 1. The molecule has 2 unspecified atom stereocenters. The number of hydrogen-bond donors (Lipinski definition) is 0. The third-order valence-electron chi connectivity index (χ3n) is 5.70. The highest BCUT2D eigenvalue weighted by atomic mass is 16.5. The van der Waals surface area contributed by atoms with Gasteiger partial charge in [-0.05, 0) is 62.9 Å². The Morgan fingerprint density at radius 3 is 2.77 bits per heavy atom. The van der Waals surface area contributed by atoms with Crippen LogP contribution in [0.2, 0.25) is 0 Å². The molecule has 2 aliphatic rings. The van der Waals surface area contributed by atoms with Crippen molar-refractivity contribution in [1.29, 1.82) is 5.26 Å². The lowest BCUT2D eigenvalue weighted by atomic mass is 9.82. The molecule has 1 aliphatic carbocycles. The fourth-order valence-electron chi connectivity index (χ4n) is 4.36. The van der Waals surface area contributed by atoms with E-state index in [0.29, 0.717) is 30.3 Å². The Bertz CT molecular complexity index is 704. The van der Waals surface area contributed by atoms with Gasteiger partial charge in [-0.2, -0.15) is 5.26 Å². The zero-order chi connectivity index (χ0) is 18.7. The molecule has 0 bridgehead atoms. The van der Waals surface area contributed by atoms with Crippen molar-refractivity contribution in [2.75, 3.05) is 32.8 Å². The van der Waals surface area contributed by atoms with E-state index in [1.54, 1.807) is 4.90 Å². The second kappa shape index (κ2) is 8.20. The summed E-state index contributed by atoms with van der Waals surface area (Å²) in [5, 5.41) is 9.58. The van der Waals surface area contributed by atoms with Crippen LogP contribution >= 0.6 is 0 Å². The standard InChI is InChI=1S/C21H29N3O2/c1-4-9-24-10-11-26-20-17-13-18(21(25)23(5-2)6-3)16(14-22)12-15(17)7-8-19(20)24/h12-13,19-20H,4-11H2,1-3H3. The van der Waals surface area contributed by atoms with Crippen LogP contribution < -0.4 is 0 Å². The molecule has 2 atom stereocenters. The van der Waals surface area contributed by atoms with Crippen LogP contribution in [0.25, 0.3) is 0 Å². The normalized spacial score (nSPS) is 22.2. The number of morpholine rings is 1. The van der Waals surface area contributed by atoms with E-state index in [1.807, 2.05) is 26.0 Å². The molecule has 1 heterocycles. The highest BCUT2D eigenvalue weighted by Crippen LogP contribution is 2.39. The van der Waals surface area contributed by atoms with Gasteiger partial charge < -0.3 is 9.64 Å². The summed E-state index contributed by atoms with van der Waals surface area (Å²) in [5.74, 6) is -0.0577. The smallest absolute Gasteiger partial charge is 0.255 e. The lowest BCUT2D eigenvalue weighted by Gasteiger charge is -2.44. The Morgan fingerprint density at radius 2 is 2.12 bits per heavy atom. The van der Waals surface area contributed by atoms with Gasteiger partial charge in [-0.3, -0.25) is 9.69 Å². The van der Waals surface area contributed by atoms with Gasteiger partial charge in [0.2, 0.25) is 0 Å². The molecule has 1 amide bonds. The van der Waals surface area contributed by atoms with E-state index < -0.39 is 0 Å². The van der Waals surface area contributed by atoms with Crippen LogP contribution in [0, 0.1) is 11.3 Å². The van der Waals surface area contributed by atoms with Crippen molar-refractivity contribution in [2.24, 2.45) is 0 Å². The summed E-state index contributed by atoms with van der Waals surface area (Å²) in [6.07, 6.45) is 3.13. The van der Waals surface area contributed by atoms with Gasteiger partial charge >= 0.3 is 0 Å². The van der Waals surface area contributed by atoms with E-state index in [1.165, 1.54) is 0 Å². The average Bonchev–Trinajstić information content (AvgIpc) is 2.68. The quantitative estimate of drug-likeness (QED) is 0.814. The Balaban J connectivity index is 2.00. The first-order valence-electron chi connectivity index (χ1n) is 9.86. The van der Waals surface area contributed by atoms with E-state index in [4.69, 9.17) is 4.74 Å². The zero-order valence-corrected chi connectivity index (χ0v) is 16.1. The van der Waals surface area contributed by atoms with Crippen molar-refractivity contribution >= 4 is 5.91 Å². The molecule has 26 heavy (non-hydrogen) atoms. The van der Waals surface area contributed by atoms with Crippen molar-refractivity contribution in [3.8, 4) is 6.07 Å². The van der Waals surface area contributed by atoms with Crippen LogP contribution in [-0.4, -0.2) is 54.5 Å². The first kappa shape index (κ1) is 18.9. The number of fused-ring (bicyclic) bond motifs is 3. The summed E-state index contributed by atoms with van der Waals surface area (Å²) in [6.45, 7) is 10.2. The summed E-state index contributed by atoms with van der Waals surface area (Å²) in [6, 6.07) is 6.47. The highest BCUT2D eigenvalue weighted by Gasteiger charge is 2.38. The van der Waals surface area contributed by atoms with Gasteiger partial charge in [-0.15, -0.1) is 0 Å². The van der Waals surface area contributed by atoms with Crippen LogP contribution in [0.15, 0.2) is 12.1 Å². The van der Waals surface area contributed by atoms with E-state index >= 15 is 0 Å². The topological polar surface area (TPSA) is 56.6 Å². The molecule has 5 nitrogen and oxygen atoms in total. The van der Waals surface area contributed by atoms with Gasteiger partial charge in [0.25, 0.3) is 5.91 Å². The minimum Gasteiger partial charge on any atom is -0.371 e. The van der Waals surface area contributed by atoms with Gasteiger partial charge in [0.1, 0.15) is 0 Å². The van der Waals surface area contributed by atoms with Crippen LogP contribution in [0.3, 0.4) is 0 Å².